The van der Waals surface area contributed by atoms with Crippen molar-refractivity contribution in [2.75, 3.05) is 7.05 Å². The van der Waals surface area contributed by atoms with Crippen molar-refractivity contribution in [2.24, 2.45) is 5.92 Å². The number of ether oxygens (including phenoxy) is 1. The maximum absolute atomic E-state index is 13.2. The fourth-order valence-electron chi connectivity index (χ4n) is 4.53. The molecule has 0 spiro atoms. The average molecular weight is 482 g/mol. The lowest BCUT2D eigenvalue weighted by Crippen LogP contribution is -2.49. The highest BCUT2D eigenvalue weighted by molar-refractivity contribution is 14.1. The van der Waals surface area contributed by atoms with Crippen LogP contribution >= 0.6 is 34.2 Å². The summed E-state index contributed by atoms with van der Waals surface area (Å²) in [6.45, 7) is 0. The smallest absolute Gasteiger partial charge is 0.316 e. The second-order valence-corrected chi connectivity index (χ2v) is 8.94. The molecule has 2 aliphatic rings. The number of fused-ring (bicyclic) bond motifs is 2. The Labute approximate surface area is 172 Å². The van der Waals surface area contributed by atoms with Gasteiger partial charge in [0.1, 0.15) is 5.75 Å². The van der Waals surface area contributed by atoms with Crippen molar-refractivity contribution in [2.45, 2.75) is 37.3 Å². The predicted octanol–water partition coefficient (Wildman–Crippen LogP) is 5.12. The van der Waals surface area contributed by atoms with Crippen molar-refractivity contribution in [3.05, 3.63) is 62.7 Å². The summed E-state index contributed by atoms with van der Waals surface area (Å²) in [5, 5.41) is 0.725. The van der Waals surface area contributed by atoms with E-state index in [0.29, 0.717) is 11.8 Å². The normalized spacial score (nSPS) is 28.1. The summed E-state index contributed by atoms with van der Waals surface area (Å²) in [6.07, 6.45) is 3.19. The molecule has 0 radical (unpaired) electrons. The van der Waals surface area contributed by atoms with Gasteiger partial charge in [0, 0.05) is 26.6 Å². The number of piperidine rings is 1. The minimum Gasteiger partial charge on any atom is -0.426 e. The molecule has 0 aliphatic carbocycles. The number of hydrogen-bond donors (Lipinski definition) is 0. The van der Waals surface area contributed by atoms with Gasteiger partial charge in [-0.05, 0) is 90.9 Å². The molecule has 0 amide bonds. The molecule has 2 aromatic carbocycles. The third kappa shape index (κ3) is 3.51. The lowest BCUT2D eigenvalue weighted by Gasteiger charge is -2.41. The maximum atomic E-state index is 13.2. The van der Waals surface area contributed by atoms with Gasteiger partial charge in [0.2, 0.25) is 0 Å². The zero-order valence-corrected chi connectivity index (χ0v) is 17.5. The van der Waals surface area contributed by atoms with E-state index in [1.165, 1.54) is 5.56 Å². The van der Waals surface area contributed by atoms with Crippen LogP contribution in [0.25, 0.3) is 0 Å². The molecule has 0 aromatic heterocycles. The molecule has 3 unspecified atom stereocenters. The molecule has 4 atom stereocenters. The minimum atomic E-state index is -0.154. The molecule has 2 heterocycles. The molecule has 136 valence electrons. The van der Waals surface area contributed by atoms with Gasteiger partial charge < -0.3 is 4.74 Å². The molecule has 2 bridgehead atoms. The van der Waals surface area contributed by atoms with E-state index in [-0.39, 0.29) is 23.8 Å². The Morgan fingerprint density at radius 2 is 1.81 bits per heavy atom. The van der Waals surface area contributed by atoms with Gasteiger partial charge in [0.15, 0.2) is 0 Å². The van der Waals surface area contributed by atoms with E-state index in [1.54, 1.807) is 0 Å². The van der Waals surface area contributed by atoms with Crippen molar-refractivity contribution < 1.29 is 9.53 Å². The lowest BCUT2D eigenvalue weighted by molar-refractivity contribution is -0.143. The summed E-state index contributed by atoms with van der Waals surface area (Å²) in [4.78, 5) is 15.5. The number of benzene rings is 2. The van der Waals surface area contributed by atoms with Gasteiger partial charge in [0.05, 0.1) is 5.92 Å². The van der Waals surface area contributed by atoms with E-state index in [1.807, 2.05) is 36.4 Å². The van der Waals surface area contributed by atoms with Crippen molar-refractivity contribution >= 4 is 40.2 Å². The molecule has 26 heavy (non-hydrogen) atoms. The average Bonchev–Trinajstić information content (AvgIpc) is 2.87. The maximum Gasteiger partial charge on any atom is 0.316 e. The van der Waals surface area contributed by atoms with Crippen LogP contribution in [0.3, 0.4) is 0 Å². The predicted molar refractivity (Wildman–Crippen MR) is 112 cm³/mol. The number of halogens is 2. The zero-order valence-electron chi connectivity index (χ0n) is 14.6. The van der Waals surface area contributed by atoms with Crippen molar-refractivity contribution in [3.8, 4) is 5.75 Å². The lowest BCUT2D eigenvalue weighted by atomic mass is 9.76. The summed E-state index contributed by atoms with van der Waals surface area (Å²) in [7, 11) is 2.14. The SMILES string of the molecule is CN1C2CCC1C(C(=O)Oc1ccc(I)cc1)[C@@H](c1ccc(Cl)cc1)C2. The van der Waals surface area contributed by atoms with Crippen LogP contribution in [0, 0.1) is 9.49 Å². The van der Waals surface area contributed by atoms with Crippen LogP contribution in [0.15, 0.2) is 48.5 Å². The highest BCUT2D eigenvalue weighted by atomic mass is 127. The quantitative estimate of drug-likeness (QED) is 0.346. The molecular formula is C21H21ClINO2. The van der Waals surface area contributed by atoms with Crippen molar-refractivity contribution in [3.63, 3.8) is 0 Å². The third-order valence-electron chi connectivity index (χ3n) is 5.87. The van der Waals surface area contributed by atoms with Crippen molar-refractivity contribution in [1.82, 2.24) is 4.90 Å². The van der Waals surface area contributed by atoms with E-state index in [4.69, 9.17) is 16.3 Å². The number of hydrogen-bond acceptors (Lipinski definition) is 3. The van der Waals surface area contributed by atoms with Gasteiger partial charge in [-0.25, -0.2) is 0 Å². The fourth-order valence-corrected chi connectivity index (χ4v) is 5.01. The van der Waals surface area contributed by atoms with Gasteiger partial charge in [-0.1, -0.05) is 23.7 Å². The Hall–Kier alpha value is -1.11. The number of esters is 1. The van der Waals surface area contributed by atoms with E-state index in [2.05, 4.69) is 46.7 Å². The van der Waals surface area contributed by atoms with Crippen LogP contribution in [0.5, 0.6) is 5.75 Å². The number of rotatable bonds is 3. The van der Waals surface area contributed by atoms with Crippen LogP contribution in [-0.4, -0.2) is 30.0 Å². The van der Waals surface area contributed by atoms with E-state index >= 15 is 0 Å². The molecule has 4 rings (SSSR count). The fraction of sp³-hybridized carbons (Fsp3) is 0.381. The van der Waals surface area contributed by atoms with Crippen LogP contribution in [0.2, 0.25) is 5.02 Å². The monoisotopic (exact) mass is 481 g/mol. The molecule has 2 aromatic rings. The highest BCUT2D eigenvalue weighted by Gasteiger charge is 2.49. The number of carbonyl (C=O) groups is 1. The number of carbonyl (C=O) groups excluding carboxylic acids is 1. The van der Waals surface area contributed by atoms with Gasteiger partial charge in [0.25, 0.3) is 0 Å². The van der Waals surface area contributed by atoms with Gasteiger partial charge >= 0.3 is 5.97 Å². The minimum absolute atomic E-state index is 0.122. The van der Waals surface area contributed by atoms with Crippen LogP contribution < -0.4 is 4.74 Å². The summed E-state index contributed by atoms with van der Waals surface area (Å²) < 4.78 is 6.91. The topological polar surface area (TPSA) is 29.5 Å². The first kappa shape index (κ1) is 18.3. The molecule has 5 heteroatoms. The zero-order chi connectivity index (χ0) is 18.3. The summed E-state index contributed by atoms with van der Waals surface area (Å²) in [6, 6.07) is 16.4. The second kappa shape index (κ2) is 7.49. The summed E-state index contributed by atoms with van der Waals surface area (Å²) in [5.74, 6) is 0.521. The van der Waals surface area contributed by atoms with Gasteiger partial charge in [-0.3, -0.25) is 9.69 Å². The Kier molecular flexibility index (Phi) is 5.26. The van der Waals surface area contributed by atoms with Crippen LogP contribution in [0.4, 0.5) is 0 Å². The van der Waals surface area contributed by atoms with Crippen LogP contribution in [-0.2, 0) is 4.79 Å². The Bertz CT molecular complexity index is 793. The summed E-state index contributed by atoms with van der Waals surface area (Å²) >= 11 is 8.31. The Morgan fingerprint density at radius 1 is 1.12 bits per heavy atom. The largest absolute Gasteiger partial charge is 0.426 e. The Balaban J connectivity index is 1.63. The molecule has 2 fully saturated rings. The second-order valence-electron chi connectivity index (χ2n) is 7.26. The van der Waals surface area contributed by atoms with Gasteiger partial charge in [-0.2, -0.15) is 0 Å². The first-order valence-electron chi connectivity index (χ1n) is 8.97. The van der Waals surface area contributed by atoms with Crippen molar-refractivity contribution in [1.29, 1.82) is 0 Å². The summed E-state index contributed by atoms with van der Waals surface area (Å²) in [5.41, 5.74) is 1.18. The molecule has 2 aliphatic heterocycles. The van der Waals surface area contributed by atoms with Crippen LogP contribution in [0.1, 0.15) is 30.7 Å². The molecule has 2 saturated heterocycles. The Morgan fingerprint density at radius 3 is 2.50 bits per heavy atom. The first-order valence-corrected chi connectivity index (χ1v) is 10.4. The third-order valence-corrected chi connectivity index (χ3v) is 6.84. The standard InChI is InChI=1S/C21H21ClINO2/c1-24-16-8-11-19(24)20(18(12-16)13-2-4-14(22)5-3-13)21(25)26-17-9-6-15(23)7-10-17/h2-7,9-10,16,18-20H,8,11-12H2,1H3/t16?,18-,19?,20?/m1/s1. The molecular weight excluding hydrogens is 461 g/mol. The molecule has 0 N–H and O–H groups in total. The molecule has 3 nitrogen and oxygen atoms in total. The molecule has 0 saturated carbocycles. The van der Waals surface area contributed by atoms with Gasteiger partial charge in [-0.15, -0.1) is 0 Å². The number of nitrogens with zero attached hydrogens (tertiary/aromatic N) is 1. The van der Waals surface area contributed by atoms with E-state index in [0.717, 1.165) is 27.9 Å². The van der Waals surface area contributed by atoms with E-state index in [9.17, 15) is 4.79 Å². The first-order chi connectivity index (χ1) is 12.5. The highest BCUT2D eigenvalue weighted by Crippen LogP contribution is 2.46. The van der Waals surface area contributed by atoms with E-state index < -0.39 is 0 Å².